The molecule has 1 fully saturated rings. The third-order valence-corrected chi connectivity index (χ3v) is 3.56. The predicted octanol–water partition coefficient (Wildman–Crippen LogP) is 2.94. The highest BCUT2D eigenvalue weighted by atomic mass is 16.4. The zero-order chi connectivity index (χ0) is 13.9. The molecule has 1 heterocycles. The second-order valence-corrected chi connectivity index (χ2v) is 5.24. The highest BCUT2D eigenvalue weighted by molar-refractivity contribution is 5.62. The number of hydrogen-bond donors (Lipinski definition) is 2. The zero-order valence-electron chi connectivity index (χ0n) is 11.9. The van der Waals surface area contributed by atoms with E-state index < -0.39 is 0 Å². The van der Waals surface area contributed by atoms with Crippen molar-refractivity contribution in [3.63, 3.8) is 0 Å². The van der Waals surface area contributed by atoms with Crippen molar-refractivity contribution in [3.8, 4) is 0 Å². The molecule has 0 saturated heterocycles. The van der Waals surface area contributed by atoms with Crippen LogP contribution in [0.1, 0.15) is 36.8 Å². The molecule has 2 N–H and O–H groups in total. The number of hydrogen-bond acceptors (Lipinski definition) is 5. The number of para-hydroxylation sites is 1. The maximum absolute atomic E-state index is 5.62. The van der Waals surface area contributed by atoms with E-state index in [1.165, 1.54) is 24.0 Å². The van der Waals surface area contributed by atoms with Crippen LogP contribution in [0.25, 0.3) is 0 Å². The molecule has 0 aliphatic heterocycles. The van der Waals surface area contributed by atoms with Crippen molar-refractivity contribution in [1.29, 1.82) is 0 Å². The summed E-state index contributed by atoms with van der Waals surface area (Å²) < 4.78 is 5.62. The monoisotopic (exact) mass is 272 g/mol. The van der Waals surface area contributed by atoms with Gasteiger partial charge < -0.3 is 15.1 Å². The van der Waals surface area contributed by atoms with Crippen LogP contribution in [0.2, 0.25) is 0 Å². The van der Waals surface area contributed by atoms with Gasteiger partial charge in [0.25, 0.3) is 0 Å². The average molecular weight is 272 g/mol. The minimum Gasteiger partial charge on any atom is -0.406 e. The minimum absolute atomic E-state index is 0.460. The van der Waals surface area contributed by atoms with Crippen molar-refractivity contribution in [2.75, 3.05) is 5.32 Å². The van der Waals surface area contributed by atoms with Crippen LogP contribution in [0, 0.1) is 6.92 Å². The van der Waals surface area contributed by atoms with Crippen LogP contribution in [0.15, 0.2) is 22.6 Å². The lowest BCUT2D eigenvalue weighted by Crippen LogP contribution is -2.15. The number of aryl methyl sites for hydroxylation is 2. The number of benzene rings is 1. The summed E-state index contributed by atoms with van der Waals surface area (Å²) in [6, 6.07) is 7.36. The molecule has 0 unspecified atom stereocenters. The average Bonchev–Trinajstić information content (AvgIpc) is 3.18. The highest BCUT2D eigenvalue weighted by Crippen LogP contribution is 2.25. The lowest BCUT2D eigenvalue weighted by molar-refractivity contribution is 0.478. The Morgan fingerprint density at radius 3 is 2.90 bits per heavy atom. The highest BCUT2D eigenvalue weighted by Gasteiger charge is 2.21. The molecule has 3 rings (SSSR count). The van der Waals surface area contributed by atoms with Gasteiger partial charge in [-0.1, -0.05) is 30.2 Å². The molecular formula is C15H20N4O. The van der Waals surface area contributed by atoms with Gasteiger partial charge in [-0.2, -0.15) is 0 Å². The van der Waals surface area contributed by atoms with Crippen LogP contribution in [0.5, 0.6) is 0 Å². The number of nitrogens with one attached hydrogen (secondary N) is 2. The van der Waals surface area contributed by atoms with Crippen LogP contribution in [0.3, 0.4) is 0 Å². The Labute approximate surface area is 118 Å². The fourth-order valence-electron chi connectivity index (χ4n) is 2.20. The standard InChI is InChI=1S/C15H20N4O/c1-3-11-6-4-5-10(2)14(11)17-15-19-18-13(20-15)9-16-12-7-8-12/h4-6,12,16H,3,7-9H2,1-2H3,(H,17,19). The number of anilines is 2. The van der Waals surface area contributed by atoms with E-state index in [-0.39, 0.29) is 0 Å². The Bertz CT molecular complexity index is 589. The SMILES string of the molecule is CCc1cccc(C)c1Nc1nnc(CNC2CC2)o1. The molecule has 1 aromatic heterocycles. The van der Waals surface area contributed by atoms with E-state index in [0.29, 0.717) is 24.5 Å². The van der Waals surface area contributed by atoms with Gasteiger partial charge in [-0.25, -0.2) is 0 Å². The van der Waals surface area contributed by atoms with Crippen LogP contribution in [0.4, 0.5) is 11.7 Å². The molecule has 20 heavy (non-hydrogen) atoms. The molecule has 2 aromatic rings. The van der Waals surface area contributed by atoms with Gasteiger partial charge in [0.05, 0.1) is 6.54 Å². The molecule has 1 saturated carbocycles. The largest absolute Gasteiger partial charge is 0.406 e. The summed E-state index contributed by atoms with van der Waals surface area (Å²) in [5.74, 6) is 0.631. The molecule has 106 valence electrons. The first-order valence-corrected chi connectivity index (χ1v) is 7.17. The fraction of sp³-hybridized carbons (Fsp3) is 0.467. The Hall–Kier alpha value is -1.88. The molecule has 0 atom stereocenters. The van der Waals surface area contributed by atoms with Crippen LogP contribution < -0.4 is 10.6 Å². The first-order valence-electron chi connectivity index (χ1n) is 7.17. The fourth-order valence-corrected chi connectivity index (χ4v) is 2.20. The van der Waals surface area contributed by atoms with Gasteiger partial charge >= 0.3 is 6.01 Å². The maximum atomic E-state index is 5.62. The Morgan fingerprint density at radius 2 is 2.15 bits per heavy atom. The summed E-state index contributed by atoms with van der Waals surface area (Å²) in [6.45, 7) is 4.86. The van der Waals surface area contributed by atoms with E-state index in [1.807, 2.05) is 0 Å². The van der Waals surface area contributed by atoms with E-state index in [1.54, 1.807) is 0 Å². The molecule has 5 heteroatoms. The number of aromatic nitrogens is 2. The normalized spacial score (nSPS) is 14.5. The first kappa shape index (κ1) is 13.1. The third-order valence-electron chi connectivity index (χ3n) is 3.56. The van der Waals surface area contributed by atoms with Gasteiger partial charge in [-0.3, -0.25) is 0 Å². The second kappa shape index (κ2) is 5.63. The zero-order valence-corrected chi connectivity index (χ0v) is 11.9. The van der Waals surface area contributed by atoms with Crippen LogP contribution in [-0.2, 0) is 13.0 Å². The summed E-state index contributed by atoms with van der Waals surface area (Å²) >= 11 is 0. The molecular weight excluding hydrogens is 252 g/mol. The van der Waals surface area contributed by atoms with E-state index in [4.69, 9.17) is 4.42 Å². The van der Waals surface area contributed by atoms with Crippen molar-refractivity contribution in [3.05, 3.63) is 35.2 Å². The lowest BCUT2D eigenvalue weighted by atomic mass is 10.1. The molecule has 0 amide bonds. The van der Waals surface area contributed by atoms with Gasteiger partial charge in [-0.05, 0) is 37.3 Å². The van der Waals surface area contributed by atoms with Gasteiger partial charge in [0.2, 0.25) is 5.89 Å². The van der Waals surface area contributed by atoms with Gasteiger partial charge in [0.15, 0.2) is 0 Å². The summed E-state index contributed by atoms with van der Waals surface area (Å²) in [4.78, 5) is 0. The van der Waals surface area contributed by atoms with Crippen molar-refractivity contribution in [2.24, 2.45) is 0 Å². The van der Waals surface area contributed by atoms with E-state index in [9.17, 15) is 0 Å². The molecule has 0 bridgehead atoms. The van der Waals surface area contributed by atoms with Crippen molar-refractivity contribution < 1.29 is 4.42 Å². The van der Waals surface area contributed by atoms with E-state index in [2.05, 4.69) is 52.9 Å². The minimum atomic E-state index is 0.460. The maximum Gasteiger partial charge on any atom is 0.320 e. The molecule has 1 aliphatic rings. The lowest BCUT2D eigenvalue weighted by Gasteiger charge is -2.10. The summed E-state index contributed by atoms with van der Waals surface area (Å²) in [5, 5.41) is 14.7. The first-order chi connectivity index (χ1) is 9.76. The molecule has 1 aliphatic carbocycles. The number of nitrogens with zero attached hydrogens (tertiary/aromatic N) is 2. The molecule has 0 spiro atoms. The quantitative estimate of drug-likeness (QED) is 0.846. The smallest absolute Gasteiger partial charge is 0.320 e. The van der Waals surface area contributed by atoms with Gasteiger partial charge in [0, 0.05) is 11.7 Å². The summed E-state index contributed by atoms with van der Waals surface area (Å²) in [7, 11) is 0. The molecule has 5 nitrogen and oxygen atoms in total. The second-order valence-electron chi connectivity index (χ2n) is 5.24. The Kier molecular flexibility index (Phi) is 3.69. The summed E-state index contributed by atoms with van der Waals surface area (Å²) in [5.41, 5.74) is 3.50. The van der Waals surface area contributed by atoms with E-state index in [0.717, 1.165) is 12.1 Å². The van der Waals surface area contributed by atoms with Gasteiger partial charge in [0.1, 0.15) is 0 Å². The van der Waals surface area contributed by atoms with Crippen LogP contribution >= 0.6 is 0 Å². The van der Waals surface area contributed by atoms with E-state index >= 15 is 0 Å². The van der Waals surface area contributed by atoms with Crippen molar-refractivity contribution in [2.45, 2.75) is 45.7 Å². The topological polar surface area (TPSA) is 63.0 Å². The van der Waals surface area contributed by atoms with Gasteiger partial charge in [-0.15, -0.1) is 5.10 Å². The molecule has 1 aromatic carbocycles. The Morgan fingerprint density at radius 1 is 1.30 bits per heavy atom. The van der Waals surface area contributed by atoms with Crippen molar-refractivity contribution in [1.82, 2.24) is 15.5 Å². The summed E-state index contributed by atoms with van der Waals surface area (Å²) in [6.07, 6.45) is 3.47. The van der Waals surface area contributed by atoms with Crippen LogP contribution in [-0.4, -0.2) is 16.2 Å². The third kappa shape index (κ3) is 2.99. The predicted molar refractivity (Wildman–Crippen MR) is 78.0 cm³/mol. The molecule has 0 radical (unpaired) electrons. The number of rotatable bonds is 6. The van der Waals surface area contributed by atoms with Crippen molar-refractivity contribution >= 4 is 11.7 Å². The Balaban J connectivity index is 1.70.